The Balaban J connectivity index is 0.0000202. The Morgan fingerprint density at radius 2 is 1.11 bits per heavy atom. The number of halogens is 1. The fraction of sp³-hybridized carbons (Fsp3) is 0.769. The Kier molecular flexibility index (Phi) is 29.7. The van der Waals surface area contributed by atoms with Crippen molar-refractivity contribution in [2.45, 2.75) is 142 Å². The highest BCUT2D eigenvalue weighted by Crippen LogP contribution is 2.30. The molecule has 0 aliphatic rings. The average Bonchev–Trinajstić information content (AvgIpc) is 3.02. The number of benzene rings is 1. The Bertz CT molecular complexity index is 876. The van der Waals surface area contributed by atoms with Crippen LogP contribution in [0.3, 0.4) is 0 Å². The number of carbonyl (C=O) groups excluding carboxylic acids is 1. The summed E-state index contributed by atoms with van der Waals surface area (Å²) in [7, 11) is 4.02. The number of unbranched alkanes of at least 4 members (excludes halogenated alkanes) is 18. The maximum Gasteiger partial charge on any atom is 0.330 e. The van der Waals surface area contributed by atoms with Gasteiger partial charge in [-0.05, 0) is 36.6 Å². The van der Waals surface area contributed by atoms with Gasteiger partial charge in [-0.3, -0.25) is 0 Å². The number of carbonyl (C=O) groups is 1. The van der Waals surface area contributed by atoms with E-state index >= 15 is 0 Å². The van der Waals surface area contributed by atoms with Crippen LogP contribution in [0, 0.1) is 0 Å². The van der Waals surface area contributed by atoms with Crippen LogP contribution in [-0.2, 0) is 9.53 Å². The van der Waals surface area contributed by atoms with Crippen LogP contribution in [0.1, 0.15) is 148 Å². The molecule has 0 bridgehead atoms. The van der Waals surface area contributed by atoms with E-state index in [1.165, 1.54) is 122 Å². The summed E-state index contributed by atoms with van der Waals surface area (Å²) in [4.78, 5) is 12.3. The molecule has 1 aromatic carbocycles. The third-order valence-corrected chi connectivity index (χ3v) is 8.54. The summed E-state index contributed by atoms with van der Waals surface area (Å²) in [5.74, 6) is 1.16. The molecular weight excluding hydrogens is 642 g/mol. The van der Waals surface area contributed by atoms with Gasteiger partial charge in [0.25, 0.3) is 0 Å². The standard InChI is InChI=1S/C39H70NO5.BrH/c1-5-7-9-11-13-15-17-19-21-23-32-43-37-27-25-36(26-28-39(42)45-34-30-40(3,4)29-31-41)35-38(37)44-33-24-22-20-18-16-14-12-10-8-6-2;/h25-28,35,41H,5-24,29-34H2,1-4H3;1H/q+1;/p-1. The van der Waals surface area contributed by atoms with Crippen molar-refractivity contribution in [3.8, 4) is 11.5 Å². The molecule has 0 aromatic heterocycles. The van der Waals surface area contributed by atoms with Gasteiger partial charge in [0.05, 0.1) is 33.9 Å². The van der Waals surface area contributed by atoms with Crippen molar-refractivity contribution in [2.75, 3.05) is 53.6 Å². The van der Waals surface area contributed by atoms with Crippen molar-refractivity contribution in [1.29, 1.82) is 0 Å². The lowest BCUT2D eigenvalue weighted by atomic mass is 10.1. The van der Waals surface area contributed by atoms with Gasteiger partial charge in [-0.15, -0.1) is 0 Å². The zero-order valence-corrected chi connectivity index (χ0v) is 31.8. The van der Waals surface area contributed by atoms with Crippen LogP contribution in [0.4, 0.5) is 0 Å². The Labute approximate surface area is 294 Å². The molecular formula is C39H70BrNO5. The molecule has 0 unspecified atom stereocenters. The van der Waals surface area contributed by atoms with Crippen LogP contribution in [0.25, 0.3) is 6.08 Å². The molecule has 0 fully saturated rings. The topological polar surface area (TPSA) is 65.0 Å². The van der Waals surface area contributed by atoms with Crippen LogP contribution >= 0.6 is 0 Å². The lowest BCUT2D eigenvalue weighted by molar-refractivity contribution is -0.890. The number of nitrogens with zero attached hydrogens (tertiary/aromatic N) is 1. The summed E-state index contributed by atoms with van der Waals surface area (Å²) in [5, 5.41) is 9.18. The van der Waals surface area contributed by atoms with Crippen LogP contribution in [-0.4, -0.2) is 69.2 Å². The Morgan fingerprint density at radius 3 is 1.59 bits per heavy atom. The van der Waals surface area contributed by atoms with E-state index in [-0.39, 0.29) is 29.6 Å². The highest BCUT2D eigenvalue weighted by atomic mass is 79.9. The molecule has 0 aliphatic carbocycles. The number of aliphatic hydroxyl groups excluding tert-OH is 1. The fourth-order valence-electron chi connectivity index (χ4n) is 5.39. The van der Waals surface area contributed by atoms with Gasteiger partial charge in [0, 0.05) is 6.08 Å². The zero-order valence-electron chi connectivity index (χ0n) is 30.2. The van der Waals surface area contributed by atoms with Crippen LogP contribution in [0.15, 0.2) is 24.3 Å². The molecule has 0 saturated carbocycles. The van der Waals surface area contributed by atoms with Gasteiger partial charge in [0.1, 0.15) is 19.7 Å². The number of quaternary nitrogens is 1. The Morgan fingerprint density at radius 1 is 0.652 bits per heavy atom. The fourth-order valence-corrected chi connectivity index (χ4v) is 5.39. The van der Waals surface area contributed by atoms with Crippen molar-refractivity contribution in [1.82, 2.24) is 0 Å². The van der Waals surface area contributed by atoms with E-state index in [1.54, 1.807) is 6.08 Å². The summed E-state index contributed by atoms with van der Waals surface area (Å²) < 4.78 is 18.4. The second-order valence-electron chi connectivity index (χ2n) is 13.4. The van der Waals surface area contributed by atoms with Gasteiger partial charge in [0.15, 0.2) is 11.5 Å². The third-order valence-electron chi connectivity index (χ3n) is 8.54. The molecule has 0 spiro atoms. The van der Waals surface area contributed by atoms with E-state index in [4.69, 9.17) is 14.2 Å². The molecule has 0 amide bonds. The predicted molar refractivity (Wildman–Crippen MR) is 190 cm³/mol. The molecule has 268 valence electrons. The SMILES string of the molecule is CCCCCCCCCCCCOc1ccc(C=CC(=O)OCC[N+](C)(C)CCO)cc1OCCCCCCCCCCCC.[Br-]. The van der Waals surface area contributed by atoms with E-state index in [2.05, 4.69) is 13.8 Å². The lowest BCUT2D eigenvalue weighted by Crippen LogP contribution is -3.00. The average molecular weight is 713 g/mol. The minimum atomic E-state index is -0.367. The largest absolute Gasteiger partial charge is 1.00 e. The second-order valence-corrected chi connectivity index (χ2v) is 13.4. The second kappa shape index (κ2) is 30.7. The molecule has 46 heavy (non-hydrogen) atoms. The minimum absolute atomic E-state index is 0. The molecule has 7 heteroatoms. The number of hydrogen-bond donors (Lipinski definition) is 1. The molecule has 0 atom stereocenters. The molecule has 0 heterocycles. The van der Waals surface area contributed by atoms with Crippen molar-refractivity contribution < 1.29 is 45.6 Å². The summed E-state index contributed by atoms with van der Waals surface area (Å²) in [6, 6.07) is 5.89. The molecule has 1 rings (SSSR count). The number of rotatable bonds is 31. The van der Waals surface area contributed by atoms with Crippen molar-refractivity contribution in [3.05, 3.63) is 29.8 Å². The van der Waals surface area contributed by atoms with Crippen LogP contribution in [0.2, 0.25) is 0 Å². The summed E-state index contributed by atoms with van der Waals surface area (Å²) in [6.45, 7) is 7.61. The summed E-state index contributed by atoms with van der Waals surface area (Å²) in [5.41, 5.74) is 0.882. The van der Waals surface area contributed by atoms with E-state index in [0.717, 1.165) is 29.9 Å². The number of aliphatic hydroxyl groups is 1. The first kappa shape index (κ1) is 44.4. The van der Waals surface area contributed by atoms with Crippen molar-refractivity contribution >= 4 is 12.0 Å². The smallest absolute Gasteiger partial charge is 0.330 e. The minimum Gasteiger partial charge on any atom is -1.00 e. The van der Waals surface area contributed by atoms with Gasteiger partial charge in [-0.25, -0.2) is 4.79 Å². The summed E-state index contributed by atoms with van der Waals surface area (Å²) in [6.07, 6.45) is 29.2. The zero-order chi connectivity index (χ0) is 32.9. The van der Waals surface area contributed by atoms with E-state index in [9.17, 15) is 9.90 Å². The van der Waals surface area contributed by atoms with Crippen molar-refractivity contribution in [2.24, 2.45) is 0 Å². The van der Waals surface area contributed by atoms with E-state index in [0.29, 0.717) is 37.4 Å². The maximum absolute atomic E-state index is 12.3. The maximum atomic E-state index is 12.3. The first-order valence-electron chi connectivity index (χ1n) is 18.6. The van der Waals surface area contributed by atoms with Gasteiger partial charge in [-0.2, -0.15) is 0 Å². The summed E-state index contributed by atoms with van der Waals surface area (Å²) >= 11 is 0. The molecule has 1 N–H and O–H groups in total. The van der Waals surface area contributed by atoms with Gasteiger partial charge >= 0.3 is 5.97 Å². The van der Waals surface area contributed by atoms with E-state index in [1.807, 2.05) is 32.3 Å². The monoisotopic (exact) mass is 711 g/mol. The number of esters is 1. The Hall–Kier alpha value is -1.57. The van der Waals surface area contributed by atoms with Crippen molar-refractivity contribution in [3.63, 3.8) is 0 Å². The lowest BCUT2D eigenvalue weighted by Gasteiger charge is -2.28. The normalized spacial score (nSPS) is 11.5. The first-order valence-corrected chi connectivity index (χ1v) is 18.6. The molecule has 6 nitrogen and oxygen atoms in total. The quantitative estimate of drug-likeness (QED) is 0.0393. The van der Waals surface area contributed by atoms with E-state index < -0.39 is 0 Å². The first-order chi connectivity index (χ1) is 21.9. The number of hydrogen-bond acceptors (Lipinski definition) is 5. The van der Waals surface area contributed by atoms with Gasteiger partial charge in [-0.1, -0.05) is 135 Å². The highest BCUT2D eigenvalue weighted by Gasteiger charge is 2.14. The number of likely N-dealkylation sites (N-methyl/N-ethyl adjacent to an activating group) is 1. The predicted octanol–water partition coefficient (Wildman–Crippen LogP) is 6.92. The third kappa shape index (κ3) is 25.5. The van der Waals surface area contributed by atoms with Crippen LogP contribution in [0.5, 0.6) is 11.5 Å². The molecule has 1 aromatic rings. The molecule has 0 saturated heterocycles. The van der Waals surface area contributed by atoms with Crippen LogP contribution < -0.4 is 26.5 Å². The highest BCUT2D eigenvalue weighted by molar-refractivity contribution is 5.87. The number of ether oxygens (including phenoxy) is 3. The van der Waals surface area contributed by atoms with Gasteiger partial charge < -0.3 is 40.8 Å². The molecule has 0 radical (unpaired) electrons. The molecule has 0 aliphatic heterocycles. The van der Waals surface area contributed by atoms with Gasteiger partial charge in [0.2, 0.25) is 0 Å².